The summed E-state index contributed by atoms with van der Waals surface area (Å²) in [5.41, 5.74) is 0. The number of ether oxygens (including phenoxy) is 1. The summed E-state index contributed by atoms with van der Waals surface area (Å²) in [5, 5.41) is 7.31. The molecule has 2 bridgehead atoms. The Balaban J connectivity index is 1.62. The van der Waals surface area contributed by atoms with Crippen LogP contribution in [0.3, 0.4) is 0 Å². The van der Waals surface area contributed by atoms with Crippen molar-refractivity contribution in [1.82, 2.24) is 15.1 Å². The van der Waals surface area contributed by atoms with E-state index in [0.29, 0.717) is 18.0 Å². The molecule has 0 aromatic carbocycles. The number of carbonyl (C=O) groups is 1. The lowest BCUT2D eigenvalue weighted by molar-refractivity contribution is -0.00393. The minimum Gasteiger partial charge on any atom is -0.455 e. The summed E-state index contributed by atoms with van der Waals surface area (Å²) in [7, 11) is 2.15. The zero-order chi connectivity index (χ0) is 12.7. The molecule has 0 spiro atoms. The normalized spacial score (nSPS) is 31.6. The van der Waals surface area contributed by atoms with Crippen LogP contribution in [0.25, 0.3) is 0 Å². The van der Waals surface area contributed by atoms with Crippen LogP contribution in [0.15, 0.2) is 4.42 Å². The van der Waals surface area contributed by atoms with Crippen molar-refractivity contribution in [2.24, 2.45) is 0 Å². The van der Waals surface area contributed by atoms with Crippen LogP contribution >= 0.6 is 0 Å². The minimum atomic E-state index is -0.496. The molecule has 3 atom stereocenters. The average molecular weight is 251 g/mol. The van der Waals surface area contributed by atoms with Gasteiger partial charge in [-0.15, -0.1) is 10.2 Å². The number of nitrogens with zero attached hydrogens (tertiary/aromatic N) is 3. The largest absolute Gasteiger partial charge is 0.455 e. The zero-order valence-electron chi connectivity index (χ0n) is 10.6. The molecular formula is C12H17N3O3. The number of hydrogen-bond acceptors (Lipinski definition) is 6. The summed E-state index contributed by atoms with van der Waals surface area (Å²) in [5.74, 6) is -0.159. The second-order valence-electron chi connectivity index (χ2n) is 5.18. The number of esters is 1. The second kappa shape index (κ2) is 4.35. The van der Waals surface area contributed by atoms with Crippen molar-refractivity contribution in [3.05, 3.63) is 11.8 Å². The monoisotopic (exact) mass is 251 g/mol. The zero-order valence-corrected chi connectivity index (χ0v) is 10.6. The second-order valence-corrected chi connectivity index (χ2v) is 5.18. The predicted octanol–water partition coefficient (Wildman–Crippen LogP) is 1.16. The maximum absolute atomic E-state index is 11.8. The van der Waals surface area contributed by atoms with Gasteiger partial charge in [0.15, 0.2) is 0 Å². The highest BCUT2D eigenvalue weighted by atomic mass is 16.6. The van der Waals surface area contributed by atoms with E-state index in [2.05, 4.69) is 22.1 Å². The van der Waals surface area contributed by atoms with E-state index in [1.807, 2.05) is 0 Å². The van der Waals surface area contributed by atoms with E-state index in [0.717, 1.165) is 12.8 Å². The van der Waals surface area contributed by atoms with E-state index in [9.17, 15) is 4.79 Å². The van der Waals surface area contributed by atoms with E-state index in [1.54, 1.807) is 6.92 Å². The Bertz CT molecular complexity index is 445. The molecule has 3 heterocycles. The number of aryl methyl sites for hydroxylation is 1. The fraction of sp³-hybridized carbons (Fsp3) is 0.750. The molecule has 6 nitrogen and oxygen atoms in total. The van der Waals surface area contributed by atoms with Gasteiger partial charge in [0.2, 0.25) is 5.89 Å². The molecule has 1 aromatic heterocycles. The lowest BCUT2D eigenvalue weighted by atomic mass is 10.0. The highest BCUT2D eigenvalue weighted by Crippen LogP contribution is 2.35. The van der Waals surface area contributed by atoms with Crippen LogP contribution in [0.4, 0.5) is 0 Å². The van der Waals surface area contributed by atoms with Crippen LogP contribution in [0, 0.1) is 6.92 Å². The Morgan fingerprint density at radius 3 is 2.56 bits per heavy atom. The van der Waals surface area contributed by atoms with Gasteiger partial charge in [-0.25, -0.2) is 4.79 Å². The molecule has 0 radical (unpaired) electrons. The Hall–Kier alpha value is -1.43. The molecular weight excluding hydrogens is 234 g/mol. The number of fused-ring (bicyclic) bond motifs is 2. The standard InChI is InChI=1S/C12H17N3O3/c1-7-13-14-11(17-7)12(16)18-10-5-8-3-4-9(6-10)15(8)2/h8-10H,3-6H2,1-2H3/t8-,9+,10?. The van der Waals surface area contributed by atoms with Crippen LogP contribution in [0.2, 0.25) is 0 Å². The third kappa shape index (κ3) is 2.01. The third-order valence-corrected chi connectivity index (χ3v) is 4.03. The molecule has 98 valence electrons. The van der Waals surface area contributed by atoms with E-state index in [1.165, 1.54) is 12.8 Å². The van der Waals surface area contributed by atoms with Gasteiger partial charge in [0.25, 0.3) is 0 Å². The molecule has 1 unspecified atom stereocenters. The van der Waals surface area contributed by atoms with Gasteiger partial charge in [0.05, 0.1) is 0 Å². The SMILES string of the molecule is Cc1nnc(C(=O)OC2C[C@H]3CC[C@@H](C2)N3C)o1. The topological polar surface area (TPSA) is 68.5 Å². The van der Waals surface area contributed by atoms with Gasteiger partial charge in [-0.2, -0.15) is 0 Å². The summed E-state index contributed by atoms with van der Waals surface area (Å²) < 4.78 is 10.5. The molecule has 2 aliphatic heterocycles. The molecule has 2 saturated heterocycles. The van der Waals surface area contributed by atoms with Crippen LogP contribution in [-0.4, -0.2) is 46.3 Å². The Morgan fingerprint density at radius 2 is 2.00 bits per heavy atom. The molecule has 0 amide bonds. The molecule has 0 saturated carbocycles. The lowest BCUT2D eigenvalue weighted by Crippen LogP contribution is -2.43. The van der Waals surface area contributed by atoms with Crippen molar-refractivity contribution in [1.29, 1.82) is 0 Å². The average Bonchev–Trinajstić information content (AvgIpc) is 2.82. The van der Waals surface area contributed by atoms with Crippen molar-refractivity contribution in [3.8, 4) is 0 Å². The summed E-state index contributed by atoms with van der Waals surface area (Å²) in [6, 6.07) is 1.09. The molecule has 0 aliphatic carbocycles. The van der Waals surface area contributed by atoms with E-state index >= 15 is 0 Å². The van der Waals surface area contributed by atoms with Crippen molar-refractivity contribution >= 4 is 5.97 Å². The Labute approximate surface area is 105 Å². The molecule has 6 heteroatoms. The number of rotatable bonds is 2. The van der Waals surface area contributed by atoms with Crippen molar-refractivity contribution in [2.75, 3.05) is 7.05 Å². The molecule has 0 N–H and O–H groups in total. The smallest absolute Gasteiger partial charge is 0.396 e. The van der Waals surface area contributed by atoms with Crippen LogP contribution in [0.1, 0.15) is 42.3 Å². The summed E-state index contributed by atoms with van der Waals surface area (Å²) in [4.78, 5) is 14.2. The molecule has 3 rings (SSSR count). The van der Waals surface area contributed by atoms with Gasteiger partial charge in [-0.3, -0.25) is 0 Å². The Kier molecular flexibility index (Phi) is 2.81. The molecule has 2 aliphatic rings. The first-order valence-electron chi connectivity index (χ1n) is 6.36. The lowest BCUT2D eigenvalue weighted by Gasteiger charge is -2.35. The van der Waals surface area contributed by atoms with Gasteiger partial charge in [0.1, 0.15) is 6.10 Å². The number of aromatic nitrogens is 2. The van der Waals surface area contributed by atoms with Gasteiger partial charge in [-0.05, 0) is 19.9 Å². The van der Waals surface area contributed by atoms with Gasteiger partial charge in [-0.1, -0.05) is 0 Å². The fourth-order valence-corrected chi connectivity index (χ4v) is 3.04. The van der Waals surface area contributed by atoms with Gasteiger partial charge >= 0.3 is 11.9 Å². The number of carbonyl (C=O) groups excluding carboxylic acids is 1. The van der Waals surface area contributed by atoms with E-state index in [4.69, 9.17) is 9.15 Å². The first-order valence-corrected chi connectivity index (χ1v) is 6.36. The first-order chi connectivity index (χ1) is 8.63. The first kappa shape index (κ1) is 11.6. The fourth-order valence-electron chi connectivity index (χ4n) is 3.04. The van der Waals surface area contributed by atoms with Crippen LogP contribution in [-0.2, 0) is 4.74 Å². The minimum absolute atomic E-state index is 0.0154. The van der Waals surface area contributed by atoms with E-state index in [-0.39, 0.29) is 12.0 Å². The summed E-state index contributed by atoms with van der Waals surface area (Å²) in [6.07, 6.45) is 4.21. The molecule has 2 fully saturated rings. The molecule has 18 heavy (non-hydrogen) atoms. The van der Waals surface area contributed by atoms with Crippen molar-refractivity contribution in [2.45, 2.75) is 50.8 Å². The Morgan fingerprint density at radius 1 is 1.33 bits per heavy atom. The highest BCUT2D eigenvalue weighted by molar-refractivity contribution is 5.84. The number of hydrogen-bond donors (Lipinski definition) is 0. The van der Waals surface area contributed by atoms with Crippen molar-refractivity contribution < 1.29 is 13.9 Å². The van der Waals surface area contributed by atoms with E-state index < -0.39 is 5.97 Å². The quantitative estimate of drug-likeness (QED) is 0.735. The summed E-state index contributed by atoms with van der Waals surface area (Å²) in [6.45, 7) is 1.65. The maximum atomic E-state index is 11.8. The van der Waals surface area contributed by atoms with Gasteiger partial charge < -0.3 is 14.1 Å². The molecule has 1 aromatic rings. The predicted molar refractivity (Wildman–Crippen MR) is 62.0 cm³/mol. The van der Waals surface area contributed by atoms with Crippen molar-refractivity contribution in [3.63, 3.8) is 0 Å². The van der Waals surface area contributed by atoms with Crippen LogP contribution in [0.5, 0.6) is 0 Å². The van der Waals surface area contributed by atoms with Gasteiger partial charge in [0, 0.05) is 31.8 Å². The summed E-state index contributed by atoms with van der Waals surface area (Å²) >= 11 is 0. The maximum Gasteiger partial charge on any atom is 0.396 e. The number of piperidine rings is 1. The van der Waals surface area contributed by atoms with Crippen LogP contribution < -0.4 is 0 Å². The third-order valence-electron chi connectivity index (χ3n) is 4.03. The highest BCUT2D eigenvalue weighted by Gasteiger charge is 2.40.